The van der Waals surface area contributed by atoms with Crippen molar-refractivity contribution < 1.29 is 4.79 Å². The maximum atomic E-state index is 12.7. The van der Waals surface area contributed by atoms with Gasteiger partial charge in [0.15, 0.2) is 5.78 Å². The van der Waals surface area contributed by atoms with E-state index in [4.69, 9.17) is 0 Å². The normalized spacial score (nSPS) is 17.8. The Kier molecular flexibility index (Phi) is 5.15. The number of carbonyl (C=O) groups excluding carboxylic acids is 1. The minimum atomic E-state index is 0.0901. The lowest BCUT2D eigenvalue weighted by molar-refractivity contribution is 0.0831. The van der Waals surface area contributed by atoms with E-state index in [9.17, 15) is 4.79 Å². The highest BCUT2D eigenvalue weighted by Gasteiger charge is 2.28. The summed E-state index contributed by atoms with van der Waals surface area (Å²) in [5, 5.41) is 0. The zero-order valence-corrected chi connectivity index (χ0v) is 12.1. The lowest BCUT2D eigenvalue weighted by atomic mass is 9.95. The number of benzene rings is 1. The number of nitrogens with zero attached hydrogens (tertiary/aromatic N) is 1. The van der Waals surface area contributed by atoms with Gasteiger partial charge in [-0.3, -0.25) is 9.69 Å². The molecule has 0 spiro atoms. The summed E-state index contributed by atoms with van der Waals surface area (Å²) in [4.78, 5) is 15.1. The van der Waals surface area contributed by atoms with Crippen molar-refractivity contribution in [1.82, 2.24) is 4.90 Å². The minimum Gasteiger partial charge on any atom is -0.293 e. The molecule has 0 aromatic heterocycles. The predicted molar refractivity (Wildman–Crippen MR) is 79.4 cm³/mol. The summed E-state index contributed by atoms with van der Waals surface area (Å²) < 4.78 is 0. The highest BCUT2D eigenvalue weighted by Crippen LogP contribution is 2.21. The third kappa shape index (κ3) is 3.90. The fourth-order valence-electron chi connectivity index (χ4n) is 2.82. The molecule has 2 rings (SSSR count). The fourth-order valence-corrected chi connectivity index (χ4v) is 2.82. The van der Waals surface area contributed by atoms with Gasteiger partial charge in [0.25, 0.3) is 0 Å². The summed E-state index contributed by atoms with van der Waals surface area (Å²) in [7, 11) is 0. The molecule has 0 radical (unpaired) electrons. The first kappa shape index (κ1) is 14.3. The second-order valence-electron chi connectivity index (χ2n) is 5.96. The van der Waals surface area contributed by atoms with Crippen molar-refractivity contribution in [2.45, 2.75) is 45.6 Å². The van der Waals surface area contributed by atoms with E-state index in [2.05, 4.69) is 18.7 Å². The molecule has 0 amide bonds. The highest BCUT2D eigenvalue weighted by molar-refractivity contribution is 6.00. The van der Waals surface area contributed by atoms with Gasteiger partial charge in [-0.15, -0.1) is 0 Å². The van der Waals surface area contributed by atoms with Crippen LogP contribution in [0.25, 0.3) is 0 Å². The molecule has 0 N–H and O–H groups in total. The Morgan fingerprint density at radius 2 is 1.74 bits per heavy atom. The van der Waals surface area contributed by atoms with Crippen LogP contribution >= 0.6 is 0 Å². The molecule has 2 heteroatoms. The minimum absolute atomic E-state index is 0.0901. The number of rotatable bonds is 6. The van der Waals surface area contributed by atoms with Gasteiger partial charge in [0.1, 0.15) is 0 Å². The van der Waals surface area contributed by atoms with Gasteiger partial charge >= 0.3 is 0 Å². The van der Waals surface area contributed by atoms with Crippen LogP contribution < -0.4 is 0 Å². The molecule has 0 bridgehead atoms. The van der Waals surface area contributed by atoms with Crippen molar-refractivity contribution in [3.05, 3.63) is 35.9 Å². The van der Waals surface area contributed by atoms with E-state index in [0.717, 1.165) is 31.5 Å². The lowest BCUT2D eigenvalue weighted by Gasteiger charge is -2.27. The first-order valence-electron chi connectivity index (χ1n) is 7.52. The van der Waals surface area contributed by atoms with Crippen LogP contribution in [0.15, 0.2) is 30.3 Å². The van der Waals surface area contributed by atoms with Gasteiger partial charge in [0, 0.05) is 5.56 Å². The first-order chi connectivity index (χ1) is 9.18. The van der Waals surface area contributed by atoms with E-state index in [0.29, 0.717) is 11.7 Å². The van der Waals surface area contributed by atoms with E-state index in [1.807, 2.05) is 30.3 Å². The standard InChI is InChI=1S/C17H25NO/c1-14(2)10-11-16(18-12-6-7-13-18)17(19)15-8-4-3-5-9-15/h3-5,8-9,14,16H,6-7,10-13H2,1-2H3. The van der Waals surface area contributed by atoms with Gasteiger partial charge in [0.05, 0.1) is 6.04 Å². The molecule has 1 aromatic rings. The maximum absolute atomic E-state index is 12.7. The molecular weight excluding hydrogens is 234 g/mol. The van der Waals surface area contributed by atoms with Crippen LogP contribution in [0, 0.1) is 5.92 Å². The summed E-state index contributed by atoms with van der Waals surface area (Å²) in [6, 6.07) is 9.86. The molecule has 2 nitrogen and oxygen atoms in total. The summed E-state index contributed by atoms with van der Waals surface area (Å²) >= 11 is 0. The van der Waals surface area contributed by atoms with Crippen LogP contribution in [0.3, 0.4) is 0 Å². The zero-order valence-electron chi connectivity index (χ0n) is 12.1. The van der Waals surface area contributed by atoms with E-state index < -0.39 is 0 Å². The zero-order chi connectivity index (χ0) is 13.7. The lowest BCUT2D eigenvalue weighted by Crippen LogP contribution is -2.39. The van der Waals surface area contributed by atoms with Crippen LogP contribution in [0.5, 0.6) is 0 Å². The Hall–Kier alpha value is -1.15. The van der Waals surface area contributed by atoms with Gasteiger partial charge < -0.3 is 0 Å². The van der Waals surface area contributed by atoms with E-state index >= 15 is 0 Å². The van der Waals surface area contributed by atoms with E-state index in [-0.39, 0.29) is 6.04 Å². The van der Waals surface area contributed by atoms with Crippen molar-refractivity contribution in [2.75, 3.05) is 13.1 Å². The second kappa shape index (κ2) is 6.85. The fraction of sp³-hybridized carbons (Fsp3) is 0.588. The average Bonchev–Trinajstić information content (AvgIpc) is 2.93. The van der Waals surface area contributed by atoms with Gasteiger partial charge in [-0.25, -0.2) is 0 Å². The molecule has 1 unspecified atom stereocenters. The van der Waals surface area contributed by atoms with Crippen LogP contribution in [-0.4, -0.2) is 29.8 Å². The van der Waals surface area contributed by atoms with E-state index in [1.165, 1.54) is 12.8 Å². The smallest absolute Gasteiger partial charge is 0.179 e. The molecule has 0 aliphatic carbocycles. The van der Waals surface area contributed by atoms with E-state index in [1.54, 1.807) is 0 Å². The molecular formula is C17H25NO. The molecule has 0 saturated carbocycles. The molecule has 1 fully saturated rings. The van der Waals surface area contributed by atoms with Gasteiger partial charge in [-0.05, 0) is 44.7 Å². The van der Waals surface area contributed by atoms with Crippen LogP contribution in [0.4, 0.5) is 0 Å². The predicted octanol–water partition coefficient (Wildman–Crippen LogP) is 3.77. The van der Waals surface area contributed by atoms with Crippen LogP contribution in [0.1, 0.15) is 49.9 Å². The largest absolute Gasteiger partial charge is 0.293 e. The third-order valence-corrected chi connectivity index (χ3v) is 3.96. The summed E-state index contributed by atoms with van der Waals surface area (Å²) in [6.45, 7) is 6.63. The SMILES string of the molecule is CC(C)CCC(C(=O)c1ccccc1)N1CCCC1. The molecule has 1 aliphatic rings. The Morgan fingerprint density at radius 1 is 1.11 bits per heavy atom. The number of hydrogen-bond donors (Lipinski definition) is 0. The maximum Gasteiger partial charge on any atom is 0.179 e. The quantitative estimate of drug-likeness (QED) is 0.725. The molecule has 1 atom stereocenters. The molecule has 19 heavy (non-hydrogen) atoms. The molecule has 1 heterocycles. The molecule has 1 aromatic carbocycles. The first-order valence-corrected chi connectivity index (χ1v) is 7.52. The topological polar surface area (TPSA) is 20.3 Å². The number of ketones is 1. The van der Waals surface area contributed by atoms with Crippen molar-refractivity contribution in [3.8, 4) is 0 Å². The molecule has 1 saturated heterocycles. The molecule has 104 valence electrons. The number of likely N-dealkylation sites (tertiary alicyclic amines) is 1. The summed E-state index contributed by atoms with van der Waals surface area (Å²) in [5.74, 6) is 0.969. The third-order valence-electron chi connectivity index (χ3n) is 3.96. The van der Waals surface area contributed by atoms with Crippen molar-refractivity contribution in [1.29, 1.82) is 0 Å². The highest BCUT2D eigenvalue weighted by atomic mass is 16.1. The number of carbonyl (C=O) groups is 1. The van der Waals surface area contributed by atoms with Crippen LogP contribution in [-0.2, 0) is 0 Å². The van der Waals surface area contributed by atoms with Crippen molar-refractivity contribution in [2.24, 2.45) is 5.92 Å². The molecule has 1 aliphatic heterocycles. The Labute approximate surface area is 116 Å². The summed E-state index contributed by atoms with van der Waals surface area (Å²) in [5.41, 5.74) is 0.864. The van der Waals surface area contributed by atoms with Crippen molar-refractivity contribution >= 4 is 5.78 Å². The van der Waals surface area contributed by atoms with Crippen molar-refractivity contribution in [3.63, 3.8) is 0 Å². The average molecular weight is 259 g/mol. The van der Waals surface area contributed by atoms with Gasteiger partial charge in [-0.2, -0.15) is 0 Å². The van der Waals surface area contributed by atoms with Gasteiger partial charge in [-0.1, -0.05) is 44.2 Å². The van der Waals surface area contributed by atoms with Crippen LogP contribution in [0.2, 0.25) is 0 Å². The monoisotopic (exact) mass is 259 g/mol. The Morgan fingerprint density at radius 3 is 2.32 bits per heavy atom. The Bertz CT molecular complexity index is 393. The number of hydrogen-bond acceptors (Lipinski definition) is 2. The van der Waals surface area contributed by atoms with Gasteiger partial charge in [0.2, 0.25) is 0 Å². The second-order valence-corrected chi connectivity index (χ2v) is 5.96. The Balaban J connectivity index is 2.09. The summed E-state index contributed by atoms with van der Waals surface area (Å²) in [6.07, 6.45) is 4.59. The number of Topliss-reactive ketones (excluding diaryl/α,β-unsaturated/α-hetero) is 1.